The van der Waals surface area contributed by atoms with Gasteiger partial charge in [0.05, 0.1) is 6.54 Å². The Kier molecular flexibility index (Phi) is 6.24. The lowest BCUT2D eigenvalue weighted by Gasteiger charge is -2.17. The Bertz CT molecular complexity index is 359. The Morgan fingerprint density at radius 3 is 2.22 bits per heavy atom. The maximum atomic E-state index is 11.4. The minimum absolute atomic E-state index is 0.111. The van der Waals surface area contributed by atoms with Crippen LogP contribution in [0.3, 0.4) is 0 Å². The molecule has 0 saturated heterocycles. The largest absolute Gasteiger partial charge is 0.480 e. The number of hydrogen-bond acceptors (Lipinski definition) is 2. The molecule has 0 heterocycles. The highest BCUT2D eigenvalue weighted by Crippen LogP contribution is 2.09. The van der Waals surface area contributed by atoms with Gasteiger partial charge >= 0.3 is 12.0 Å². The molecular weight excluding hydrogens is 232 g/mol. The summed E-state index contributed by atoms with van der Waals surface area (Å²) in [6, 6.07) is -1.40. The van der Waals surface area contributed by atoms with Crippen molar-refractivity contribution in [3.05, 3.63) is 0 Å². The highest BCUT2D eigenvalue weighted by Gasteiger charge is 2.22. The van der Waals surface area contributed by atoms with Crippen molar-refractivity contribution >= 4 is 12.0 Å². The van der Waals surface area contributed by atoms with E-state index < -0.39 is 18.0 Å². The normalized spacial score (nSPS) is 12.3. The van der Waals surface area contributed by atoms with Crippen molar-refractivity contribution < 1.29 is 14.7 Å². The van der Waals surface area contributed by atoms with Crippen LogP contribution in [-0.4, -0.2) is 29.7 Å². The molecule has 0 spiro atoms. The predicted octanol–water partition coefficient (Wildman–Crippen LogP) is 1.44. The van der Waals surface area contributed by atoms with Crippen molar-refractivity contribution in [2.45, 2.75) is 40.7 Å². The van der Waals surface area contributed by atoms with Gasteiger partial charge in [-0.05, 0) is 26.7 Å². The van der Waals surface area contributed by atoms with Crippen LogP contribution in [0.4, 0.5) is 4.79 Å². The predicted molar refractivity (Wildman–Crippen MR) is 70.0 cm³/mol. The Labute approximate surface area is 108 Å². The van der Waals surface area contributed by atoms with Gasteiger partial charge in [0.2, 0.25) is 0 Å². The van der Waals surface area contributed by atoms with E-state index in [0.717, 1.165) is 0 Å². The molecule has 5 nitrogen and oxygen atoms in total. The standard InChI is InChI=1S/C13H22N2O3/c1-9(2)10(11(16)17)15-12(18)14-8-6-7-13(3,4)5/h9-10H,8H2,1-5H3,(H,16,17)(H2,14,15,18). The number of aliphatic carboxylic acids is 1. The molecule has 1 unspecified atom stereocenters. The number of carbonyl (C=O) groups is 2. The smallest absolute Gasteiger partial charge is 0.326 e. The average Bonchev–Trinajstić information content (AvgIpc) is 2.18. The summed E-state index contributed by atoms with van der Waals surface area (Å²) in [6.07, 6.45) is 0. The molecule has 0 radical (unpaired) electrons. The summed E-state index contributed by atoms with van der Waals surface area (Å²) < 4.78 is 0. The Morgan fingerprint density at radius 1 is 1.28 bits per heavy atom. The molecule has 0 rings (SSSR count). The highest BCUT2D eigenvalue weighted by molar-refractivity contribution is 5.82. The maximum absolute atomic E-state index is 11.4. The molecule has 1 atom stereocenters. The van der Waals surface area contributed by atoms with Crippen LogP contribution in [0, 0.1) is 23.2 Å². The average molecular weight is 254 g/mol. The first-order valence-electron chi connectivity index (χ1n) is 5.90. The minimum Gasteiger partial charge on any atom is -0.480 e. The molecule has 18 heavy (non-hydrogen) atoms. The van der Waals surface area contributed by atoms with E-state index in [1.807, 2.05) is 20.8 Å². The summed E-state index contributed by atoms with van der Waals surface area (Å²) >= 11 is 0. The molecule has 2 amide bonds. The molecule has 102 valence electrons. The highest BCUT2D eigenvalue weighted by atomic mass is 16.4. The zero-order chi connectivity index (χ0) is 14.3. The summed E-state index contributed by atoms with van der Waals surface area (Å²) in [5, 5.41) is 13.8. The summed E-state index contributed by atoms with van der Waals surface area (Å²) in [6.45, 7) is 9.59. The Balaban J connectivity index is 4.18. The number of carboxylic acids is 1. The second kappa shape index (κ2) is 6.90. The Hall–Kier alpha value is -1.70. The van der Waals surface area contributed by atoms with E-state index in [4.69, 9.17) is 5.11 Å². The number of urea groups is 1. The van der Waals surface area contributed by atoms with Crippen molar-refractivity contribution in [2.24, 2.45) is 11.3 Å². The number of rotatable bonds is 4. The number of carbonyl (C=O) groups excluding carboxylic acids is 1. The van der Waals surface area contributed by atoms with Gasteiger partial charge in [-0.2, -0.15) is 0 Å². The van der Waals surface area contributed by atoms with Crippen LogP contribution in [0.5, 0.6) is 0 Å². The number of nitrogens with one attached hydrogen (secondary N) is 2. The van der Waals surface area contributed by atoms with Gasteiger partial charge in [0.25, 0.3) is 0 Å². The fraction of sp³-hybridized carbons (Fsp3) is 0.692. The molecule has 0 fully saturated rings. The van der Waals surface area contributed by atoms with Crippen LogP contribution >= 0.6 is 0 Å². The summed E-state index contributed by atoms with van der Waals surface area (Å²) in [5.41, 5.74) is -0.111. The molecule has 0 aromatic heterocycles. The van der Waals surface area contributed by atoms with Crippen molar-refractivity contribution in [3.63, 3.8) is 0 Å². The monoisotopic (exact) mass is 254 g/mol. The van der Waals surface area contributed by atoms with Crippen molar-refractivity contribution in [2.75, 3.05) is 6.54 Å². The molecule has 3 N–H and O–H groups in total. The summed E-state index contributed by atoms with van der Waals surface area (Å²) in [5.74, 6) is 4.57. The molecule has 0 saturated carbocycles. The van der Waals surface area contributed by atoms with E-state index in [1.165, 1.54) is 0 Å². The van der Waals surface area contributed by atoms with Gasteiger partial charge in [-0.15, -0.1) is 0 Å². The van der Waals surface area contributed by atoms with E-state index in [2.05, 4.69) is 22.5 Å². The van der Waals surface area contributed by atoms with Gasteiger partial charge in [-0.3, -0.25) is 0 Å². The molecule has 0 aliphatic rings. The van der Waals surface area contributed by atoms with E-state index in [1.54, 1.807) is 13.8 Å². The van der Waals surface area contributed by atoms with Gasteiger partial charge in [-0.25, -0.2) is 9.59 Å². The van der Waals surface area contributed by atoms with Crippen LogP contribution < -0.4 is 10.6 Å². The lowest BCUT2D eigenvalue weighted by atomic mass is 9.98. The molecule has 0 aromatic rings. The molecule has 0 aromatic carbocycles. The van der Waals surface area contributed by atoms with Gasteiger partial charge in [-0.1, -0.05) is 25.7 Å². The van der Waals surface area contributed by atoms with Gasteiger partial charge < -0.3 is 15.7 Å². The van der Waals surface area contributed by atoms with Crippen molar-refractivity contribution in [1.29, 1.82) is 0 Å². The molecule has 5 heteroatoms. The fourth-order valence-electron chi connectivity index (χ4n) is 1.14. The van der Waals surface area contributed by atoms with Crippen LogP contribution in [-0.2, 0) is 4.79 Å². The van der Waals surface area contributed by atoms with Crippen molar-refractivity contribution in [1.82, 2.24) is 10.6 Å². The minimum atomic E-state index is -1.04. The van der Waals surface area contributed by atoms with E-state index in [-0.39, 0.29) is 17.9 Å². The van der Waals surface area contributed by atoms with E-state index in [9.17, 15) is 9.59 Å². The summed E-state index contributed by atoms with van der Waals surface area (Å²) in [4.78, 5) is 22.3. The van der Waals surface area contributed by atoms with E-state index in [0.29, 0.717) is 0 Å². The topological polar surface area (TPSA) is 78.4 Å². The zero-order valence-corrected chi connectivity index (χ0v) is 11.6. The summed E-state index contributed by atoms with van der Waals surface area (Å²) in [7, 11) is 0. The van der Waals surface area contributed by atoms with Crippen LogP contribution in [0.25, 0.3) is 0 Å². The fourth-order valence-corrected chi connectivity index (χ4v) is 1.14. The molecular formula is C13H22N2O3. The first-order chi connectivity index (χ1) is 8.13. The van der Waals surface area contributed by atoms with Crippen LogP contribution in [0.15, 0.2) is 0 Å². The number of amides is 2. The number of carboxylic acid groups (broad SMARTS) is 1. The van der Waals surface area contributed by atoms with Gasteiger partial charge in [0, 0.05) is 5.41 Å². The van der Waals surface area contributed by atoms with E-state index >= 15 is 0 Å². The van der Waals surface area contributed by atoms with Gasteiger partial charge in [0.15, 0.2) is 0 Å². The quantitative estimate of drug-likeness (QED) is 0.664. The molecule has 0 aliphatic heterocycles. The molecule has 0 aliphatic carbocycles. The molecule has 0 bridgehead atoms. The zero-order valence-electron chi connectivity index (χ0n) is 11.6. The third-order valence-electron chi connectivity index (χ3n) is 2.02. The SMILES string of the molecule is CC(C)C(NC(=O)NCC#CC(C)(C)C)C(=O)O. The second-order valence-corrected chi connectivity index (χ2v) is 5.44. The number of hydrogen-bond donors (Lipinski definition) is 3. The van der Waals surface area contributed by atoms with Crippen LogP contribution in [0.1, 0.15) is 34.6 Å². The maximum Gasteiger partial charge on any atom is 0.326 e. The third kappa shape index (κ3) is 7.55. The van der Waals surface area contributed by atoms with Crippen molar-refractivity contribution in [3.8, 4) is 11.8 Å². The first-order valence-corrected chi connectivity index (χ1v) is 5.90. The second-order valence-electron chi connectivity index (χ2n) is 5.44. The lowest BCUT2D eigenvalue weighted by Crippen LogP contribution is -2.48. The lowest BCUT2D eigenvalue weighted by molar-refractivity contribution is -0.140. The van der Waals surface area contributed by atoms with Crippen LogP contribution in [0.2, 0.25) is 0 Å². The Morgan fingerprint density at radius 2 is 1.83 bits per heavy atom. The van der Waals surface area contributed by atoms with Gasteiger partial charge in [0.1, 0.15) is 6.04 Å². The first kappa shape index (κ1) is 16.3. The third-order valence-corrected chi connectivity index (χ3v) is 2.02.